The molecule has 3 rings (SSSR count). The highest BCUT2D eigenvalue weighted by atomic mass is 32.1. The lowest BCUT2D eigenvalue weighted by Crippen LogP contribution is -2.10. The van der Waals surface area contributed by atoms with Gasteiger partial charge >= 0.3 is 0 Å². The number of H-pyrrole nitrogens is 1. The number of aromatic nitrogens is 2. The summed E-state index contributed by atoms with van der Waals surface area (Å²) in [5, 5.41) is 0. The topological polar surface area (TPSA) is 39.2 Å². The first-order valence-corrected chi connectivity index (χ1v) is 7.07. The molecule has 19 heavy (non-hydrogen) atoms. The molecule has 1 aliphatic heterocycles. The monoisotopic (exact) mass is 278 g/mol. The summed E-state index contributed by atoms with van der Waals surface area (Å²) in [7, 11) is 1.67. The van der Waals surface area contributed by atoms with E-state index in [1.165, 1.54) is 12.8 Å². The van der Waals surface area contributed by atoms with Crippen LogP contribution in [0.1, 0.15) is 19.3 Å². The SMILES string of the molecule is COc1ccc2c(c1)[nH]c(=S)n2CCC1CCCO1. The van der Waals surface area contributed by atoms with Crippen LogP contribution in [-0.2, 0) is 11.3 Å². The van der Waals surface area contributed by atoms with Gasteiger partial charge in [-0.05, 0) is 43.6 Å². The maximum Gasteiger partial charge on any atom is 0.178 e. The summed E-state index contributed by atoms with van der Waals surface area (Å²) < 4.78 is 13.8. The molecule has 1 N–H and O–H groups in total. The summed E-state index contributed by atoms with van der Waals surface area (Å²) >= 11 is 5.40. The lowest BCUT2D eigenvalue weighted by Gasteiger charge is -2.10. The number of nitrogens with zero attached hydrogens (tertiary/aromatic N) is 1. The van der Waals surface area contributed by atoms with Crippen LogP contribution in [0.15, 0.2) is 18.2 Å². The Kier molecular flexibility index (Phi) is 3.57. The fourth-order valence-corrected chi connectivity index (χ4v) is 2.94. The van der Waals surface area contributed by atoms with Gasteiger partial charge in [0.15, 0.2) is 4.77 Å². The van der Waals surface area contributed by atoms with Crippen molar-refractivity contribution in [2.24, 2.45) is 0 Å². The van der Waals surface area contributed by atoms with Crippen LogP contribution in [0.25, 0.3) is 11.0 Å². The van der Waals surface area contributed by atoms with E-state index >= 15 is 0 Å². The average molecular weight is 278 g/mol. The molecule has 1 unspecified atom stereocenters. The molecule has 1 atom stereocenters. The van der Waals surface area contributed by atoms with Crippen molar-refractivity contribution < 1.29 is 9.47 Å². The van der Waals surface area contributed by atoms with Crippen molar-refractivity contribution in [3.05, 3.63) is 23.0 Å². The maximum atomic E-state index is 5.66. The van der Waals surface area contributed by atoms with Crippen LogP contribution < -0.4 is 4.74 Å². The van der Waals surface area contributed by atoms with Crippen molar-refractivity contribution in [2.75, 3.05) is 13.7 Å². The van der Waals surface area contributed by atoms with Crippen molar-refractivity contribution in [3.63, 3.8) is 0 Å². The fourth-order valence-electron chi connectivity index (χ4n) is 2.64. The zero-order valence-corrected chi connectivity index (χ0v) is 11.8. The van der Waals surface area contributed by atoms with Crippen LogP contribution in [0.5, 0.6) is 5.75 Å². The Hall–Kier alpha value is -1.33. The van der Waals surface area contributed by atoms with E-state index in [1.807, 2.05) is 12.1 Å². The summed E-state index contributed by atoms with van der Waals surface area (Å²) in [5.41, 5.74) is 2.15. The van der Waals surface area contributed by atoms with E-state index in [0.29, 0.717) is 6.10 Å². The Morgan fingerprint density at radius 2 is 2.42 bits per heavy atom. The van der Waals surface area contributed by atoms with E-state index < -0.39 is 0 Å². The number of hydrogen-bond donors (Lipinski definition) is 1. The predicted octanol–water partition coefficient (Wildman–Crippen LogP) is 3.28. The van der Waals surface area contributed by atoms with E-state index in [-0.39, 0.29) is 0 Å². The molecule has 1 aromatic carbocycles. The van der Waals surface area contributed by atoms with Crippen molar-refractivity contribution in [2.45, 2.75) is 31.9 Å². The van der Waals surface area contributed by atoms with Crippen molar-refractivity contribution in [1.29, 1.82) is 0 Å². The molecule has 0 bridgehead atoms. The molecule has 2 aromatic rings. The van der Waals surface area contributed by atoms with E-state index in [4.69, 9.17) is 21.7 Å². The van der Waals surface area contributed by atoms with Crippen LogP contribution in [0, 0.1) is 4.77 Å². The van der Waals surface area contributed by atoms with Gasteiger partial charge in [0.1, 0.15) is 5.75 Å². The first-order chi connectivity index (χ1) is 9.28. The van der Waals surface area contributed by atoms with Crippen molar-refractivity contribution in [1.82, 2.24) is 9.55 Å². The molecule has 4 nitrogen and oxygen atoms in total. The van der Waals surface area contributed by atoms with Crippen LogP contribution in [0.4, 0.5) is 0 Å². The molecule has 2 heterocycles. The van der Waals surface area contributed by atoms with Gasteiger partial charge in [0, 0.05) is 19.2 Å². The molecule has 1 aliphatic rings. The standard InChI is InChI=1S/C14H18N2O2S/c1-17-11-4-5-13-12(9-11)15-14(19)16(13)7-6-10-3-2-8-18-10/h4-5,9-10H,2-3,6-8H2,1H3,(H,15,19). The molecule has 5 heteroatoms. The van der Waals surface area contributed by atoms with E-state index in [0.717, 1.165) is 41.1 Å². The molecule has 102 valence electrons. The summed E-state index contributed by atoms with van der Waals surface area (Å²) in [6.45, 7) is 1.80. The molecule has 0 saturated carbocycles. The summed E-state index contributed by atoms with van der Waals surface area (Å²) in [6.07, 6.45) is 3.77. The number of fused-ring (bicyclic) bond motifs is 1. The van der Waals surface area contributed by atoms with Gasteiger partial charge in [0.2, 0.25) is 0 Å². The first-order valence-electron chi connectivity index (χ1n) is 6.66. The summed E-state index contributed by atoms with van der Waals surface area (Å²) in [5.74, 6) is 0.843. The molecular formula is C14H18N2O2S. The maximum absolute atomic E-state index is 5.66. The largest absolute Gasteiger partial charge is 0.497 e. The number of aryl methyl sites for hydroxylation is 1. The highest BCUT2D eigenvalue weighted by Crippen LogP contribution is 2.22. The Balaban J connectivity index is 1.85. The van der Waals surface area contributed by atoms with Crippen LogP contribution in [0.3, 0.4) is 0 Å². The van der Waals surface area contributed by atoms with Crippen molar-refractivity contribution >= 4 is 23.3 Å². The minimum atomic E-state index is 0.394. The second-order valence-electron chi connectivity index (χ2n) is 4.89. The van der Waals surface area contributed by atoms with Crippen LogP contribution >= 0.6 is 12.2 Å². The van der Waals surface area contributed by atoms with Crippen molar-refractivity contribution in [3.8, 4) is 5.75 Å². The molecule has 0 spiro atoms. The van der Waals surface area contributed by atoms with Gasteiger partial charge < -0.3 is 19.0 Å². The molecule has 1 fully saturated rings. The summed E-state index contributed by atoms with van der Waals surface area (Å²) in [6, 6.07) is 6.00. The van der Waals surface area contributed by atoms with Crippen LogP contribution in [-0.4, -0.2) is 29.4 Å². The number of hydrogen-bond acceptors (Lipinski definition) is 3. The van der Waals surface area contributed by atoms with E-state index in [2.05, 4.69) is 15.6 Å². The first kappa shape index (κ1) is 12.7. The second-order valence-corrected chi connectivity index (χ2v) is 5.28. The minimum Gasteiger partial charge on any atom is -0.497 e. The molecule has 0 aliphatic carbocycles. The van der Waals surface area contributed by atoms with Gasteiger partial charge in [-0.3, -0.25) is 0 Å². The Labute approximate surface area is 117 Å². The third-order valence-electron chi connectivity index (χ3n) is 3.68. The Morgan fingerprint density at radius 3 is 3.16 bits per heavy atom. The van der Waals surface area contributed by atoms with Gasteiger partial charge in [-0.15, -0.1) is 0 Å². The van der Waals surface area contributed by atoms with Gasteiger partial charge in [-0.2, -0.15) is 0 Å². The highest BCUT2D eigenvalue weighted by Gasteiger charge is 2.16. The van der Waals surface area contributed by atoms with E-state index in [1.54, 1.807) is 7.11 Å². The molecule has 1 saturated heterocycles. The second kappa shape index (κ2) is 5.35. The van der Waals surface area contributed by atoms with Gasteiger partial charge in [0.25, 0.3) is 0 Å². The number of benzene rings is 1. The third-order valence-corrected chi connectivity index (χ3v) is 4.00. The quantitative estimate of drug-likeness (QED) is 0.872. The number of aromatic amines is 1. The molecule has 0 radical (unpaired) electrons. The summed E-state index contributed by atoms with van der Waals surface area (Å²) in [4.78, 5) is 3.23. The Morgan fingerprint density at radius 1 is 1.53 bits per heavy atom. The zero-order valence-electron chi connectivity index (χ0n) is 11.0. The average Bonchev–Trinajstić information content (AvgIpc) is 3.02. The lowest BCUT2D eigenvalue weighted by atomic mass is 10.2. The smallest absolute Gasteiger partial charge is 0.178 e. The predicted molar refractivity (Wildman–Crippen MR) is 77.3 cm³/mol. The van der Waals surface area contributed by atoms with Gasteiger partial charge in [-0.25, -0.2) is 0 Å². The number of nitrogens with one attached hydrogen (secondary N) is 1. The number of ether oxygens (including phenoxy) is 2. The number of methoxy groups -OCH3 is 1. The molecule has 0 amide bonds. The number of rotatable bonds is 4. The molecule has 1 aromatic heterocycles. The zero-order chi connectivity index (χ0) is 13.2. The molecular weight excluding hydrogens is 260 g/mol. The fraction of sp³-hybridized carbons (Fsp3) is 0.500. The van der Waals surface area contributed by atoms with Crippen LogP contribution in [0.2, 0.25) is 0 Å². The van der Waals surface area contributed by atoms with E-state index in [9.17, 15) is 0 Å². The normalized spacial score (nSPS) is 19.1. The number of imidazole rings is 1. The lowest BCUT2D eigenvalue weighted by molar-refractivity contribution is 0.101. The van der Waals surface area contributed by atoms with Gasteiger partial charge in [0.05, 0.1) is 24.2 Å². The van der Waals surface area contributed by atoms with Gasteiger partial charge in [-0.1, -0.05) is 0 Å². The third kappa shape index (κ3) is 2.53. The highest BCUT2D eigenvalue weighted by molar-refractivity contribution is 7.71. The Bertz CT molecular complexity index is 626. The minimum absolute atomic E-state index is 0.394.